The fourth-order valence-corrected chi connectivity index (χ4v) is 3.71. The van der Waals surface area contributed by atoms with Gasteiger partial charge in [0.2, 0.25) is 0 Å². The molecule has 0 spiro atoms. The summed E-state index contributed by atoms with van der Waals surface area (Å²) in [5.41, 5.74) is -1.75. The molecule has 2 aromatic carbocycles. The van der Waals surface area contributed by atoms with Gasteiger partial charge in [0.25, 0.3) is 0 Å². The Bertz CT molecular complexity index is 1280. The van der Waals surface area contributed by atoms with Gasteiger partial charge in [0, 0.05) is 24.2 Å². The third-order valence-corrected chi connectivity index (χ3v) is 5.61. The van der Waals surface area contributed by atoms with Gasteiger partial charge in [-0.25, -0.2) is 28.1 Å². The molecule has 0 saturated carbocycles. The van der Waals surface area contributed by atoms with E-state index in [1.807, 2.05) is 38.1 Å². The number of nitrogens with zero attached hydrogens (tertiary/aromatic N) is 6. The molecule has 220 valence electrons. The molecule has 0 radical (unpaired) electrons. The summed E-state index contributed by atoms with van der Waals surface area (Å²) in [5.74, 6) is -0.271. The molecule has 3 N–H and O–H groups in total. The highest BCUT2D eigenvalue weighted by molar-refractivity contribution is 5.39. The van der Waals surface area contributed by atoms with Gasteiger partial charge in [0.05, 0.1) is 13.1 Å². The van der Waals surface area contributed by atoms with E-state index >= 15 is 0 Å². The average molecular weight is 572 g/mol. The predicted molar refractivity (Wildman–Crippen MR) is 147 cm³/mol. The molecule has 1 atom stereocenters. The van der Waals surface area contributed by atoms with E-state index in [0.717, 1.165) is 12.1 Å². The number of nitrogens with one attached hydrogen (secondary N) is 1. The molecule has 1 unspecified atom stereocenters. The second-order valence-corrected chi connectivity index (χ2v) is 9.42. The van der Waals surface area contributed by atoms with Crippen LogP contribution < -0.4 is 14.8 Å². The van der Waals surface area contributed by atoms with Crippen LogP contribution in [0.5, 0.6) is 11.5 Å². The van der Waals surface area contributed by atoms with Crippen LogP contribution in [0.1, 0.15) is 19.4 Å². The third-order valence-electron chi connectivity index (χ3n) is 5.61. The van der Waals surface area contributed by atoms with Gasteiger partial charge >= 0.3 is 0 Å². The van der Waals surface area contributed by atoms with Crippen molar-refractivity contribution in [3.8, 4) is 11.5 Å². The Kier molecular flexibility index (Phi) is 11.9. The first-order valence-corrected chi connectivity index (χ1v) is 12.9. The summed E-state index contributed by atoms with van der Waals surface area (Å²) in [7, 11) is 0. The van der Waals surface area contributed by atoms with Crippen LogP contribution in [-0.2, 0) is 18.7 Å². The zero-order valence-corrected chi connectivity index (χ0v) is 23.0. The highest BCUT2D eigenvalue weighted by atomic mass is 19.1. The standard InChI is InChI=1S/C15H23NO3.C13H12F2N6O/c1-4-9-18-14-7-5-6-8-15(14)19-11-13(17)10-16-12(2)3;14-10-1-2-11(12(15)3-10)13(22,4-20-8-16-6-18-20)5-21-9-17-7-19-21/h4-8,12-13,16-17H,1,9-11H2,2-3H3;1-3,6-9,22H,4-5H2. The summed E-state index contributed by atoms with van der Waals surface area (Å²) in [6.07, 6.45) is 6.53. The van der Waals surface area contributed by atoms with Gasteiger partial charge in [-0.3, -0.25) is 0 Å². The monoisotopic (exact) mass is 571 g/mol. The van der Waals surface area contributed by atoms with Crippen LogP contribution in [0.2, 0.25) is 0 Å². The highest BCUT2D eigenvalue weighted by Crippen LogP contribution is 2.28. The average Bonchev–Trinajstić information content (AvgIpc) is 3.64. The number of benzene rings is 2. The molecule has 0 amide bonds. The molecular formula is C28H35F2N7O4. The molecule has 0 bridgehead atoms. The maximum Gasteiger partial charge on any atom is 0.161 e. The molecule has 0 saturated heterocycles. The van der Waals surface area contributed by atoms with Crippen molar-refractivity contribution in [1.29, 1.82) is 0 Å². The first-order chi connectivity index (χ1) is 19.7. The molecule has 2 aromatic heterocycles. The number of aliphatic hydroxyl groups is 2. The van der Waals surface area contributed by atoms with Gasteiger partial charge in [0.15, 0.2) is 11.5 Å². The van der Waals surface area contributed by atoms with Crippen molar-refractivity contribution in [3.63, 3.8) is 0 Å². The summed E-state index contributed by atoms with van der Waals surface area (Å²) in [6, 6.07) is 10.8. The Balaban J connectivity index is 0.000000229. The van der Waals surface area contributed by atoms with Gasteiger partial charge in [-0.05, 0) is 18.2 Å². The number of rotatable bonds is 14. The van der Waals surface area contributed by atoms with Crippen molar-refractivity contribution in [2.75, 3.05) is 19.8 Å². The molecular weight excluding hydrogens is 536 g/mol. The van der Waals surface area contributed by atoms with E-state index < -0.39 is 23.3 Å². The van der Waals surface area contributed by atoms with Crippen molar-refractivity contribution in [3.05, 3.63) is 97.6 Å². The van der Waals surface area contributed by atoms with Crippen LogP contribution in [0, 0.1) is 11.6 Å². The van der Waals surface area contributed by atoms with Crippen LogP contribution in [0.25, 0.3) is 0 Å². The van der Waals surface area contributed by atoms with E-state index in [-0.39, 0.29) is 25.3 Å². The number of aliphatic hydroxyl groups excluding tert-OH is 1. The largest absolute Gasteiger partial charge is 0.487 e. The van der Waals surface area contributed by atoms with Crippen LogP contribution in [-0.4, -0.2) is 71.6 Å². The zero-order valence-electron chi connectivity index (χ0n) is 23.0. The Labute approximate surface area is 237 Å². The summed E-state index contributed by atoms with van der Waals surface area (Å²) in [5, 5.41) is 31.7. The number of hydrogen-bond donors (Lipinski definition) is 3. The lowest BCUT2D eigenvalue weighted by Crippen LogP contribution is -2.37. The van der Waals surface area contributed by atoms with Gasteiger partial charge < -0.3 is 25.0 Å². The number of aromatic nitrogens is 6. The molecule has 2 heterocycles. The van der Waals surface area contributed by atoms with E-state index in [1.165, 1.54) is 40.7 Å². The summed E-state index contributed by atoms with van der Waals surface area (Å²) >= 11 is 0. The van der Waals surface area contributed by atoms with Gasteiger partial charge in [-0.1, -0.05) is 44.7 Å². The van der Waals surface area contributed by atoms with Gasteiger partial charge in [-0.2, -0.15) is 10.2 Å². The SMILES string of the molecule is C=CCOc1ccccc1OCC(O)CNC(C)C.OC(Cn1cncn1)(Cn1cncn1)c1ccc(F)cc1F. The van der Waals surface area contributed by atoms with E-state index in [4.69, 9.17) is 9.47 Å². The van der Waals surface area contributed by atoms with Crippen molar-refractivity contribution < 1.29 is 28.5 Å². The number of hydrogen-bond acceptors (Lipinski definition) is 9. The number of ether oxygens (including phenoxy) is 2. The quantitative estimate of drug-likeness (QED) is 0.196. The van der Waals surface area contributed by atoms with Crippen LogP contribution in [0.15, 0.2) is 80.4 Å². The summed E-state index contributed by atoms with van der Waals surface area (Å²) < 4.78 is 41.0. The fraction of sp³-hybridized carbons (Fsp3) is 0.357. The number of para-hydroxylation sites is 2. The summed E-state index contributed by atoms with van der Waals surface area (Å²) in [6.45, 7) is 8.69. The molecule has 4 aromatic rings. The highest BCUT2D eigenvalue weighted by Gasteiger charge is 2.34. The molecule has 41 heavy (non-hydrogen) atoms. The van der Waals surface area contributed by atoms with E-state index in [2.05, 4.69) is 32.1 Å². The molecule has 0 aliphatic carbocycles. The van der Waals surface area contributed by atoms with Crippen molar-refractivity contribution in [2.45, 2.75) is 44.7 Å². The Morgan fingerprint density at radius 2 is 1.61 bits per heavy atom. The van der Waals surface area contributed by atoms with Gasteiger partial charge in [0.1, 0.15) is 61.9 Å². The maximum atomic E-state index is 14.1. The molecule has 4 rings (SSSR count). The lowest BCUT2D eigenvalue weighted by atomic mass is 9.93. The topological polar surface area (TPSA) is 132 Å². The first kappa shape index (κ1) is 31.3. The normalized spacial score (nSPS) is 12.0. The molecule has 0 aliphatic rings. The minimum atomic E-state index is -1.70. The second-order valence-electron chi connectivity index (χ2n) is 9.42. The van der Waals surface area contributed by atoms with Crippen molar-refractivity contribution in [1.82, 2.24) is 34.8 Å². The molecule has 0 fully saturated rings. The van der Waals surface area contributed by atoms with E-state index in [1.54, 1.807) is 6.08 Å². The number of halogens is 2. The van der Waals surface area contributed by atoms with Crippen molar-refractivity contribution in [2.24, 2.45) is 0 Å². The van der Waals surface area contributed by atoms with Crippen LogP contribution in [0.3, 0.4) is 0 Å². The predicted octanol–water partition coefficient (Wildman–Crippen LogP) is 2.72. The lowest BCUT2D eigenvalue weighted by molar-refractivity contribution is -0.00856. The van der Waals surface area contributed by atoms with E-state index in [0.29, 0.717) is 30.7 Å². The fourth-order valence-electron chi connectivity index (χ4n) is 3.71. The molecule has 11 nitrogen and oxygen atoms in total. The Hall–Kier alpha value is -4.20. The Morgan fingerprint density at radius 1 is 1.00 bits per heavy atom. The van der Waals surface area contributed by atoms with Gasteiger partial charge in [-0.15, -0.1) is 0 Å². The van der Waals surface area contributed by atoms with E-state index in [9.17, 15) is 19.0 Å². The smallest absolute Gasteiger partial charge is 0.161 e. The second kappa shape index (κ2) is 15.6. The third kappa shape index (κ3) is 10.0. The first-order valence-electron chi connectivity index (χ1n) is 12.9. The lowest BCUT2D eigenvalue weighted by Gasteiger charge is -2.28. The summed E-state index contributed by atoms with van der Waals surface area (Å²) in [4.78, 5) is 7.57. The molecule has 0 aliphatic heterocycles. The minimum Gasteiger partial charge on any atom is -0.487 e. The maximum absolute atomic E-state index is 14.1. The van der Waals surface area contributed by atoms with Crippen molar-refractivity contribution >= 4 is 0 Å². The minimum absolute atomic E-state index is 0.0556. The van der Waals surface area contributed by atoms with Crippen LogP contribution in [0.4, 0.5) is 8.78 Å². The van der Waals surface area contributed by atoms with Crippen LogP contribution >= 0.6 is 0 Å². The molecule has 13 heteroatoms. The Morgan fingerprint density at radius 3 is 2.12 bits per heavy atom. The zero-order chi connectivity index (χ0) is 29.7.